The molecule has 0 bridgehead atoms. The molecule has 0 saturated carbocycles. The summed E-state index contributed by atoms with van der Waals surface area (Å²) in [6, 6.07) is 11.2. The van der Waals surface area contributed by atoms with E-state index >= 15 is 0 Å². The topological polar surface area (TPSA) is 21.3 Å². The predicted molar refractivity (Wildman–Crippen MR) is 66.6 cm³/mol. The number of ether oxygens (including phenoxy) is 1. The Morgan fingerprint density at radius 3 is 2.88 bits per heavy atom. The highest BCUT2D eigenvalue weighted by molar-refractivity contribution is 5.14. The third-order valence-corrected chi connectivity index (χ3v) is 3.08. The van der Waals surface area contributed by atoms with Crippen molar-refractivity contribution in [3.8, 4) is 0 Å². The van der Waals surface area contributed by atoms with Gasteiger partial charge in [0.05, 0.1) is 6.61 Å². The fourth-order valence-electron chi connectivity index (χ4n) is 2.15. The second kappa shape index (κ2) is 6.66. The van der Waals surface area contributed by atoms with Gasteiger partial charge in [0, 0.05) is 12.6 Å². The predicted octanol–water partition coefficient (Wildman–Crippen LogP) is 2.39. The third kappa shape index (κ3) is 3.95. The molecular formula is C14H21NO. The molecule has 1 aliphatic rings. The van der Waals surface area contributed by atoms with Crippen LogP contribution in [0.5, 0.6) is 0 Å². The average molecular weight is 219 g/mol. The molecule has 0 aromatic heterocycles. The van der Waals surface area contributed by atoms with E-state index in [1.54, 1.807) is 0 Å². The molecule has 16 heavy (non-hydrogen) atoms. The van der Waals surface area contributed by atoms with Crippen molar-refractivity contribution in [1.82, 2.24) is 5.32 Å². The van der Waals surface area contributed by atoms with Crippen LogP contribution in [0, 0.1) is 0 Å². The average Bonchev–Trinajstić information content (AvgIpc) is 2.83. The molecule has 0 aliphatic carbocycles. The van der Waals surface area contributed by atoms with Gasteiger partial charge < -0.3 is 10.1 Å². The van der Waals surface area contributed by atoms with Gasteiger partial charge in [-0.1, -0.05) is 30.3 Å². The van der Waals surface area contributed by atoms with Gasteiger partial charge in [0.15, 0.2) is 0 Å². The molecule has 1 aliphatic heterocycles. The lowest BCUT2D eigenvalue weighted by Gasteiger charge is -2.10. The summed E-state index contributed by atoms with van der Waals surface area (Å²) in [5.41, 5.74) is 1.41. The summed E-state index contributed by atoms with van der Waals surface area (Å²) in [6.45, 7) is 2.93. The molecule has 2 rings (SSSR count). The first-order valence-electron chi connectivity index (χ1n) is 6.30. The summed E-state index contributed by atoms with van der Waals surface area (Å²) in [5.74, 6) is 0. The van der Waals surface area contributed by atoms with E-state index in [0.29, 0.717) is 6.04 Å². The summed E-state index contributed by atoms with van der Waals surface area (Å²) in [7, 11) is 0. The summed E-state index contributed by atoms with van der Waals surface area (Å²) >= 11 is 0. The number of aryl methyl sites for hydroxylation is 1. The molecule has 1 heterocycles. The zero-order chi connectivity index (χ0) is 11.1. The molecule has 0 unspecified atom stereocenters. The molecule has 1 aromatic carbocycles. The maximum Gasteiger partial charge on any atom is 0.0619 e. The van der Waals surface area contributed by atoms with Gasteiger partial charge in [0.1, 0.15) is 0 Å². The molecular weight excluding hydrogens is 198 g/mol. The first-order chi connectivity index (χ1) is 7.95. The lowest BCUT2D eigenvalue weighted by molar-refractivity contribution is 0.114. The first-order valence-corrected chi connectivity index (χ1v) is 6.30. The Balaban J connectivity index is 1.52. The highest BCUT2D eigenvalue weighted by Gasteiger charge is 2.13. The van der Waals surface area contributed by atoms with Gasteiger partial charge in [-0.15, -0.1) is 0 Å². The van der Waals surface area contributed by atoms with Crippen LogP contribution >= 0.6 is 0 Å². The summed E-state index contributed by atoms with van der Waals surface area (Å²) < 4.78 is 5.68. The zero-order valence-electron chi connectivity index (χ0n) is 9.82. The van der Waals surface area contributed by atoms with Crippen molar-refractivity contribution in [3.63, 3.8) is 0 Å². The van der Waals surface area contributed by atoms with Gasteiger partial charge in [0.25, 0.3) is 0 Å². The number of hydrogen-bond acceptors (Lipinski definition) is 2. The monoisotopic (exact) mass is 219 g/mol. The lowest BCUT2D eigenvalue weighted by atomic mass is 10.1. The molecule has 1 N–H and O–H groups in total. The molecule has 0 amide bonds. The molecule has 0 spiro atoms. The van der Waals surface area contributed by atoms with Crippen LogP contribution in [0.3, 0.4) is 0 Å². The van der Waals surface area contributed by atoms with Crippen molar-refractivity contribution in [2.24, 2.45) is 0 Å². The Morgan fingerprint density at radius 1 is 1.25 bits per heavy atom. The Kier molecular flexibility index (Phi) is 4.84. The Labute approximate surface area is 98.0 Å². The fraction of sp³-hybridized carbons (Fsp3) is 0.571. The van der Waals surface area contributed by atoms with Crippen LogP contribution < -0.4 is 5.32 Å². The van der Waals surface area contributed by atoms with E-state index in [2.05, 4.69) is 35.6 Å². The second-order valence-corrected chi connectivity index (χ2v) is 4.46. The van der Waals surface area contributed by atoms with Gasteiger partial charge in [-0.3, -0.25) is 0 Å². The van der Waals surface area contributed by atoms with E-state index in [1.165, 1.54) is 18.4 Å². The number of hydrogen-bond donors (Lipinski definition) is 1. The summed E-state index contributed by atoms with van der Waals surface area (Å²) in [4.78, 5) is 0. The summed E-state index contributed by atoms with van der Waals surface area (Å²) in [5, 5.41) is 3.44. The van der Waals surface area contributed by atoms with Crippen LogP contribution in [-0.4, -0.2) is 25.8 Å². The molecule has 1 fully saturated rings. The fourth-order valence-corrected chi connectivity index (χ4v) is 2.15. The minimum Gasteiger partial charge on any atom is -0.380 e. The molecule has 1 saturated heterocycles. The van der Waals surface area contributed by atoms with E-state index in [1.807, 2.05) is 0 Å². The molecule has 88 valence electrons. The molecule has 1 aromatic rings. The summed E-state index contributed by atoms with van der Waals surface area (Å²) in [6.07, 6.45) is 4.83. The number of rotatable bonds is 6. The van der Waals surface area contributed by atoms with Crippen LogP contribution in [0.1, 0.15) is 24.8 Å². The molecule has 2 nitrogen and oxygen atoms in total. The smallest absolute Gasteiger partial charge is 0.0619 e. The van der Waals surface area contributed by atoms with Crippen molar-refractivity contribution in [2.45, 2.75) is 31.7 Å². The largest absolute Gasteiger partial charge is 0.380 e. The third-order valence-electron chi connectivity index (χ3n) is 3.08. The number of benzene rings is 1. The lowest BCUT2D eigenvalue weighted by Crippen LogP contribution is -2.26. The van der Waals surface area contributed by atoms with Gasteiger partial charge in [-0.25, -0.2) is 0 Å². The maximum absolute atomic E-state index is 5.68. The van der Waals surface area contributed by atoms with Crippen LogP contribution in [-0.2, 0) is 11.2 Å². The molecule has 2 heteroatoms. The van der Waals surface area contributed by atoms with Crippen LogP contribution in [0.4, 0.5) is 0 Å². The number of nitrogens with one attached hydrogen (secondary N) is 1. The van der Waals surface area contributed by atoms with Gasteiger partial charge in [-0.05, 0) is 37.8 Å². The van der Waals surface area contributed by atoms with Gasteiger partial charge >= 0.3 is 0 Å². The van der Waals surface area contributed by atoms with Crippen molar-refractivity contribution in [2.75, 3.05) is 19.8 Å². The molecule has 1 atom stereocenters. The van der Waals surface area contributed by atoms with Crippen molar-refractivity contribution in [1.29, 1.82) is 0 Å². The highest BCUT2D eigenvalue weighted by Crippen LogP contribution is 2.06. The van der Waals surface area contributed by atoms with E-state index in [4.69, 9.17) is 4.74 Å². The van der Waals surface area contributed by atoms with Gasteiger partial charge in [-0.2, -0.15) is 0 Å². The first kappa shape index (κ1) is 11.6. The SMILES string of the molecule is c1ccc(CCCOC[C@@H]2CCCN2)cc1. The van der Waals surface area contributed by atoms with Crippen LogP contribution in [0.2, 0.25) is 0 Å². The van der Waals surface area contributed by atoms with Crippen molar-refractivity contribution >= 4 is 0 Å². The second-order valence-electron chi connectivity index (χ2n) is 4.46. The Bertz CT molecular complexity index is 280. The van der Waals surface area contributed by atoms with Crippen LogP contribution in [0.25, 0.3) is 0 Å². The van der Waals surface area contributed by atoms with Gasteiger partial charge in [0.2, 0.25) is 0 Å². The maximum atomic E-state index is 5.68. The van der Waals surface area contributed by atoms with Crippen molar-refractivity contribution < 1.29 is 4.74 Å². The zero-order valence-corrected chi connectivity index (χ0v) is 9.82. The van der Waals surface area contributed by atoms with E-state index in [0.717, 1.165) is 32.6 Å². The Morgan fingerprint density at radius 2 is 2.12 bits per heavy atom. The van der Waals surface area contributed by atoms with E-state index < -0.39 is 0 Å². The van der Waals surface area contributed by atoms with Crippen LogP contribution in [0.15, 0.2) is 30.3 Å². The normalized spacial score (nSPS) is 20.1. The molecule has 0 radical (unpaired) electrons. The minimum absolute atomic E-state index is 0.608. The van der Waals surface area contributed by atoms with E-state index in [9.17, 15) is 0 Å². The Hall–Kier alpha value is -0.860. The quantitative estimate of drug-likeness (QED) is 0.742. The highest BCUT2D eigenvalue weighted by atomic mass is 16.5. The van der Waals surface area contributed by atoms with E-state index in [-0.39, 0.29) is 0 Å². The standard InChI is InChI=1S/C14H21NO/c1-2-6-13(7-3-1)8-5-11-16-12-14-9-4-10-15-14/h1-3,6-7,14-15H,4-5,8-12H2/t14-/m0/s1. The van der Waals surface area contributed by atoms with Crippen molar-refractivity contribution in [3.05, 3.63) is 35.9 Å². The minimum atomic E-state index is 0.608.